The molecule has 0 unspecified atom stereocenters. The quantitative estimate of drug-likeness (QED) is 0.795. The Kier molecular flexibility index (Phi) is 3.16. The SMILES string of the molecule is O=C(Cc1coc2ccc(F)cc12)Nc1ccncc1. The smallest absolute Gasteiger partial charge is 0.228 e. The maximum atomic E-state index is 13.2. The number of pyridine rings is 1. The fraction of sp³-hybridized carbons (Fsp3) is 0.0667. The zero-order chi connectivity index (χ0) is 13.9. The largest absolute Gasteiger partial charge is 0.464 e. The number of hydrogen-bond acceptors (Lipinski definition) is 3. The van der Waals surface area contributed by atoms with Crippen molar-refractivity contribution in [1.29, 1.82) is 0 Å². The van der Waals surface area contributed by atoms with E-state index in [1.54, 1.807) is 30.6 Å². The standard InChI is InChI=1S/C15H11FN2O2/c16-11-1-2-14-13(8-11)10(9-20-14)7-15(19)18-12-3-5-17-6-4-12/h1-6,8-9H,7H2,(H,17,18,19). The minimum Gasteiger partial charge on any atom is -0.464 e. The van der Waals surface area contributed by atoms with Gasteiger partial charge < -0.3 is 9.73 Å². The first-order valence-electron chi connectivity index (χ1n) is 6.08. The molecule has 0 spiro atoms. The molecule has 0 saturated carbocycles. The number of nitrogens with one attached hydrogen (secondary N) is 1. The fourth-order valence-electron chi connectivity index (χ4n) is 2.00. The van der Waals surface area contributed by atoms with Crippen molar-refractivity contribution in [3.05, 3.63) is 60.4 Å². The van der Waals surface area contributed by atoms with E-state index in [9.17, 15) is 9.18 Å². The van der Waals surface area contributed by atoms with Crippen LogP contribution in [0.3, 0.4) is 0 Å². The number of benzene rings is 1. The predicted octanol–water partition coefficient (Wildman–Crippen LogP) is 3.15. The molecule has 20 heavy (non-hydrogen) atoms. The van der Waals surface area contributed by atoms with Crippen LogP contribution in [0, 0.1) is 5.82 Å². The Morgan fingerprint density at radius 3 is 2.85 bits per heavy atom. The van der Waals surface area contributed by atoms with Crippen LogP contribution >= 0.6 is 0 Å². The number of halogens is 1. The first-order chi connectivity index (χ1) is 9.72. The van der Waals surface area contributed by atoms with Gasteiger partial charge in [-0.25, -0.2) is 4.39 Å². The molecule has 3 aromatic rings. The van der Waals surface area contributed by atoms with Crippen molar-refractivity contribution in [2.45, 2.75) is 6.42 Å². The van der Waals surface area contributed by atoms with Gasteiger partial charge in [0, 0.05) is 29.0 Å². The van der Waals surface area contributed by atoms with E-state index in [-0.39, 0.29) is 18.1 Å². The molecule has 1 N–H and O–H groups in total. The molecule has 0 aliphatic carbocycles. The van der Waals surface area contributed by atoms with E-state index in [0.717, 1.165) is 0 Å². The highest BCUT2D eigenvalue weighted by molar-refractivity contribution is 5.95. The molecule has 100 valence electrons. The summed E-state index contributed by atoms with van der Waals surface area (Å²) in [5, 5.41) is 3.37. The highest BCUT2D eigenvalue weighted by Crippen LogP contribution is 2.22. The van der Waals surface area contributed by atoms with E-state index in [1.807, 2.05) is 0 Å². The molecule has 1 amide bonds. The summed E-state index contributed by atoms with van der Waals surface area (Å²) in [6, 6.07) is 7.64. The average Bonchev–Trinajstić information content (AvgIpc) is 2.82. The summed E-state index contributed by atoms with van der Waals surface area (Å²) in [5.74, 6) is -0.544. The van der Waals surface area contributed by atoms with Crippen LogP contribution in [0.2, 0.25) is 0 Å². The van der Waals surface area contributed by atoms with Crippen molar-refractivity contribution in [2.75, 3.05) is 5.32 Å². The van der Waals surface area contributed by atoms with Gasteiger partial charge in [-0.3, -0.25) is 9.78 Å². The van der Waals surface area contributed by atoms with Crippen molar-refractivity contribution < 1.29 is 13.6 Å². The molecule has 0 radical (unpaired) electrons. The van der Waals surface area contributed by atoms with E-state index in [4.69, 9.17) is 4.42 Å². The number of hydrogen-bond donors (Lipinski definition) is 1. The lowest BCUT2D eigenvalue weighted by atomic mass is 10.1. The van der Waals surface area contributed by atoms with Gasteiger partial charge in [0.25, 0.3) is 0 Å². The first kappa shape index (κ1) is 12.3. The van der Waals surface area contributed by atoms with E-state index < -0.39 is 0 Å². The van der Waals surface area contributed by atoms with Gasteiger partial charge in [0.1, 0.15) is 11.4 Å². The van der Waals surface area contributed by atoms with Crippen molar-refractivity contribution >= 4 is 22.6 Å². The van der Waals surface area contributed by atoms with Crippen LogP contribution in [0.15, 0.2) is 53.4 Å². The molecular formula is C15H11FN2O2. The second-order valence-corrected chi connectivity index (χ2v) is 4.36. The van der Waals surface area contributed by atoms with Gasteiger partial charge in [0.15, 0.2) is 0 Å². The van der Waals surface area contributed by atoms with Crippen LogP contribution < -0.4 is 5.32 Å². The summed E-state index contributed by atoms with van der Waals surface area (Å²) in [4.78, 5) is 15.8. The molecule has 2 heterocycles. The number of carbonyl (C=O) groups is 1. The maximum absolute atomic E-state index is 13.2. The molecule has 3 rings (SSSR count). The zero-order valence-corrected chi connectivity index (χ0v) is 10.5. The van der Waals surface area contributed by atoms with Crippen LogP contribution in [0.25, 0.3) is 11.0 Å². The Labute approximate surface area is 114 Å². The van der Waals surface area contributed by atoms with Crippen LogP contribution in [-0.4, -0.2) is 10.9 Å². The molecule has 0 fully saturated rings. The van der Waals surface area contributed by atoms with E-state index in [1.165, 1.54) is 18.4 Å². The highest BCUT2D eigenvalue weighted by atomic mass is 19.1. The van der Waals surface area contributed by atoms with Gasteiger partial charge in [-0.15, -0.1) is 0 Å². The van der Waals surface area contributed by atoms with Crippen molar-refractivity contribution in [3.8, 4) is 0 Å². The number of carbonyl (C=O) groups excluding carboxylic acids is 1. The van der Waals surface area contributed by atoms with Gasteiger partial charge in [-0.1, -0.05) is 0 Å². The normalized spacial score (nSPS) is 10.7. The Bertz CT molecular complexity index is 753. The Balaban J connectivity index is 1.79. The first-order valence-corrected chi connectivity index (χ1v) is 6.08. The summed E-state index contributed by atoms with van der Waals surface area (Å²) >= 11 is 0. The van der Waals surface area contributed by atoms with Crippen LogP contribution in [0.1, 0.15) is 5.56 Å². The second kappa shape index (κ2) is 5.13. The zero-order valence-electron chi connectivity index (χ0n) is 10.5. The van der Waals surface area contributed by atoms with Gasteiger partial charge in [-0.2, -0.15) is 0 Å². The fourth-order valence-corrected chi connectivity index (χ4v) is 2.00. The number of fused-ring (bicyclic) bond motifs is 1. The van der Waals surface area contributed by atoms with Crippen molar-refractivity contribution in [3.63, 3.8) is 0 Å². The highest BCUT2D eigenvalue weighted by Gasteiger charge is 2.11. The van der Waals surface area contributed by atoms with Gasteiger partial charge >= 0.3 is 0 Å². The molecule has 0 atom stereocenters. The molecule has 1 aromatic carbocycles. The Morgan fingerprint density at radius 1 is 1.25 bits per heavy atom. The molecule has 0 saturated heterocycles. The molecule has 0 aliphatic rings. The average molecular weight is 270 g/mol. The van der Waals surface area contributed by atoms with Crippen LogP contribution in [-0.2, 0) is 11.2 Å². The summed E-state index contributed by atoms with van der Waals surface area (Å²) in [5.41, 5.74) is 1.90. The number of anilines is 1. The predicted molar refractivity (Wildman–Crippen MR) is 72.7 cm³/mol. The lowest BCUT2D eigenvalue weighted by Gasteiger charge is -2.03. The number of furan rings is 1. The molecule has 0 aliphatic heterocycles. The lowest BCUT2D eigenvalue weighted by molar-refractivity contribution is -0.115. The maximum Gasteiger partial charge on any atom is 0.228 e. The Hall–Kier alpha value is -2.69. The summed E-state index contributed by atoms with van der Waals surface area (Å²) < 4.78 is 18.5. The van der Waals surface area contributed by atoms with Gasteiger partial charge in [0.2, 0.25) is 5.91 Å². The molecule has 4 nitrogen and oxygen atoms in total. The van der Waals surface area contributed by atoms with Gasteiger partial charge in [-0.05, 0) is 30.3 Å². The van der Waals surface area contributed by atoms with E-state index >= 15 is 0 Å². The number of rotatable bonds is 3. The molecule has 5 heteroatoms. The summed E-state index contributed by atoms with van der Waals surface area (Å²) in [6.45, 7) is 0. The summed E-state index contributed by atoms with van der Waals surface area (Å²) in [7, 11) is 0. The monoisotopic (exact) mass is 270 g/mol. The van der Waals surface area contributed by atoms with Gasteiger partial charge in [0.05, 0.1) is 12.7 Å². The third-order valence-electron chi connectivity index (χ3n) is 2.93. The summed E-state index contributed by atoms with van der Waals surface area (Å²) in [6.07, 6.45) is 4.80. The number of nitrogens with zero attached hydrogens (tertiary/aromatic N) is 1. The Morgan fingerprint density at radius 2 is 2.05 bits per heavy atom. The lowest BCUT2D eigenvalue weighted by Crippen LogP contribution is -2.14. The second-order valence-electron chi connectivity index (χ2n) is 4.36. The molecule has 2 aromatic heterocycles. The van der Waals surface area contributed by atoms with Crippen molar-refractivity contribution in [1.82, 2.24) is 4.98 Å². The molecular weight excluding hydrogens is 259 g/mol. The third-order valence-corrected chi connectivity index (χ3v) is 2.93. The van der Waals surface area contributed by atoms with Crippen molar-refractivity contribution in [2.24, 2.45) is 0 Å². The minimum atomic E-state index is -0.352. The van der Waals surface area contributed by atoms with E-state index in [2.05, 4.69) is 10.3 Å². The molecule has 0 bridgehead atoms. The van der Waals surface area contributed by atoms with E-state index in [0.29, 0.717) is 22.2 Å². The third kappa shape index (κ3) is 2.51. The number of aromatic nitrogens is 1. The number of amides is 1. The van der Waals surface area contributed by atoms with Crippen LogP contribution in [0.5, 0.6) is 0 Å². The minimum absolute atomic E-state index is 0.124. The topological polar surface area (TPSA) is 55.1 Å². The van der Waals surface area contributed by atoms with Crippen LogP contribution in [0.4, 0.5) is 10.1 Å².